The van der Waals surface area contributed by atoms with Gasteiger partial charge in [0.2, 0.25) is 0 Å². The number of nitrogens with zero attached hydrogens (tertiary/aromatic N) is 4. The number of hydrogen-bond acceptors (Lipinski definition) is 4. The van der Waals surface area contributed by atoms with Crippen LogP contribution in [0.2, 0.25) is 5.15 Å². The van der Waals surface area contributed by atoms with Crippen LogP contribution < -0.4 is 10.2 Å². The van der Waals surface area contributed by atoms with Crippen molar-refractivity contribution in [2.75, 3.05) is 31.1 Å². The molecule has 2 fully saturated rings. The maximum Gasteiger partial charge on any atom is 0.317 e. The molecule has 3 rings (SSSR count). The summed E-state index contributed by atoms with van der Waals surface area (Å²) in [5, 5.41) is 3.43. The lowest BCUT2D eigenvalue weighted by molar-refractivity contribution is 0.189. The molecule has 2 aliphatic rings. The lowest BCUT2D eigenvalue weighted by Gasteiger charge is -2.38. The van der Waals surface area contributed by atoms with E-state index >= 15 is 0 Å². The second-order valence-electron chi connectivity index (χ2n) is 5.88. The molecule has 0 spiro atoms. The largest absolute Gasteiger partial charge is 0.354 e. The zero-order chi connectivity index (χ0) is 15.7. The van der Waals surface area contributed by atoms with Crippen LogP contribution in [-0.4, -0.2) is 53.1 Å². The molecule has 1 unspecified atom stereocenters. The fourth-order valence-electron chi connectivity index (χ4n) is 3.35. The highest BCUT2D eigenvalue weighted by atomic mass is 35.5. The maximum atomic E-state index is 11.9. The van der Waals surface area contributed by atoms with Crippen LogP contribution in [0.15, 0.2) is 0 Å². The Hall–Kier alpha value is -1.56. The summed E-state index contributed by atoms with van der Waals surface area (Å²) >= 11 is 6.29. The minimum absolute atomic E-state index is 0.0551. The Bertz CT molecular complexity index is 579. The Morgan fingerprint density at radius 3 is 2.86 bits per heavy atom. The number of carbonyl (C=O) groups is 1. The van der Waals surface area contributed by atoms with Crippen molar-refractivity contribution in [2.24, 2.45) is 0 Å². The molecule has 6 nitrogen and oxygen atoms in total. The number of amides is 2. The van der Waals surface area contributed by atoms with Gasteiger partial charge in [0, 0.05) is 31.7 Å². The van der Waals surface area contributed by atoms with Crippen molar-refractivity contribution in [3.05, 3.63) is 16.5 Å². The number of halogens is 1. The van der Waals surface area contributed by atoms with Crippen LogP contribution >= 0.6 is 11.6 Å². The first-order valence-electron chi connectivity index (χ1n) is 7.92. The molecule has 1 atom stereocenters. The van der Waals surface area contributed by atoms with Crippen molar-refractivity contribution in [2.45, 2.75) is 39.2 Å². The third-order valence-electron chi connectivity index (χ3n) is 4.43. The summed E-state index contributed by atoms with van der Waals surface area (Å²) in [6.07, 6.45) is 2.90. The van der Waals surface area contributed by atoms with E-state index in [-0.39, 0.29) is 12.1 Å². The number of aryl methyl sites for hydroxylation is 1. The zero-order valence-corrected chi connectivity index (χ0v) is 13.9. The summed E-state index contributed by atoms with van der Waals surface area (Å²) in [5.41, 5.74) is 0.999. The summed E-state index contributed by atoms with van der Waals surface area (Å²) < 4.78 is 0. The highest BCUT2D eigenvalue weighted by molar-refractivity contribution is 6.30. The van der Waals surface area contributed by atoms with E-state index in [0.717, 1.165) is 56.8 Å². The zero-order valence-electron chi connectivity index (χ0n) is 13.1. The number of carbonyl (C=O) groups excluding carboxylic acids is 1. The van der Waals surface area contributed by atoms with E-state index in [4.69, 9.17) is 11.6 Å². The number of aromatic nitrogens is 2. The SMILES string of the molecule is CCc1c(Cl)nc(C)nc1N1CCCC(N2CCNC2=O)C1. The molecule has 2 aliphatic heterocycles. The van der Waals surface area contributed by atoms with E-state index in [1.165, 1.54) is 0 Å². The fourth-order valence-corrected chi connectivity index (χ4v) is 3.69. The molecular weight excluding hydrogens is 302 g/mol. The van der Waals surface area contributed by atoms with Crippen LogP contribution in [-0.2, 0) is 6.42 Å². The molecule has 3 heterocycles. The minimum Gasteiger partial charge on any atom is -0.354 e. The Kier molecular flexibility index (Phi) is 4.38. The second-order valence-corrected chi connectivity index (χ2v) is 6.24. The van der Waals surface area contributed by atoms with Gasteiger partial charge in [-0.05, 0) is 26.2 Å². The van der Waals surface area contributed by atoms with E-state index in [2.05, 4.69) is 27.1 Å². The molecule has 1 N–H and O–H groups in total. The fraction of sp³-hybridized carbons (Fsp3) is 0.667. The summed E-state index contributed by atoms with van der Waals surface area (Å²) in [7, 11) is 0. The van der Waals surface area contributed by atoms with E-state index < -0.39 is 0 Å². The van der Waals surface area contributed by atoms with Crippen molar-refractivity contribution < 1.29 is 4.79 Å². The molecule has 0 aromatic carbocycles. The smallest absolute Gasteiger partial charge is 0.317 e. The molecular formula is C15H22ClN5O. The Morgan fingerprint density at radius 1 is 1.36 bits per heavy atom. The van der Waals surface area contributed by atoms with Gasteiger partial charge in [-0.15, -0.1) is 0 Å². The molecule has 22 heavy (non-hydrogen) atoms. The minimum atomic E-state index is 0.0551. The first-order chi connectivity index (χ1) is 10.6. The van der Waals surface area contributed by atoms with E-state index in [9.17, 15) is 4.79 Å². The normalized spacial score (nSPS) is 22.1. The van der Waals surface area contributed by atoms with Crippen LogP contribution in [0.5, 0.6) is 0 Å². The number of piperidine rings is 1. The van der Waals surface area contributed by atoms with Crippen molar-refractivity contribution >= 4 is 23.4 Å². The van der Waals surface area contributed by atoms with Gasteiger partial charge in [0.05, 0.1) is 6.04 Å². The average Bonchev–Trinajstić information content (AvgIpc) is 2.93. The van der Waals surface area contributed by atoms with Crippen molar-refractivity contribution in [1.29, 1.82) is 0 Å². The average molecular weight is 324 g/mol. The monoisotopic (exact) mass is 323 g/mol. The molecule has 0 bridgehead atoms. The summed E-state index contributed by atoms with van der Waals surface area (Å²) in [4.78, 5) is 25.0. The molecule has 2 saturated heterocycles. The van der Waals surface area contributed by atoms with Crippen LogP contribution in [0, 0.1) is 6.92 Å². The molecule has 0 saturated carbocycles. The van der Waals surface area contributed by atoms with E-state index in [1.807, 2.05) is 11.8 Å². The van der Waals surface area contributed by atoms with Gasteiger partial charge in [0.15, 0.2) is 0 Å². The standard InChI is InChI=1S/C15H22ClN5O/c1-3-12-13(16)18-10(2)19-14(12)20-7-4-5-11(9-20)21-8-6-17-15(21)22/h11H,3-9H2,1-2H3,(H,17,22). The van der Waals surface area contributed by atoms with Gasteiger partial charge in [-0.3, -0.25) is 0 Å². The molecule has 0 aliphatic carbocycles. The number of hydrogen-bond donors (Lipinski definition) is 1. The van der Waals surface area contributed by atoms with Crippen molar-refractivity contribution in [3.63, 3.8) is 0 Å². The molecule has 1 aromatic heterocycles. The van der Waals surface area contributed by atoms with Gasteiger partial charge in [-0.25, -0.2) is 14.8 Å². The van der Waals surface area contributed by atoms with Crippen molar-refractivity contribution in [3.8, 4) is 0 Å². The highest BCUT2D eigenvalue weighted by Gasteiger charge is 2.32. The summed E-state index contributed by atoms with van der Waals surface area (Å²) in [5.74, 6) is 1.63. The molecule has 0 radical (unpaired) electrons. The Labute approximate surface area is 135 Å². The molecule has 1 aromatic rings. The summed E-state index contributed by atoms with van der Waals surface area (Å²) in [6.45, 7) is 7.23. The van der Waals surface area contributed by atoms with Crippen LogP contribution in [0.25, 0.3) is 0 Å². The predicted octanol–water partition coefficient (Wildman–Crippen LogP) is 1.99. The van der Waals surface area contributed by atoms with Gasteiger partial charge in [0.25, 0.3) is 0 Å². The maximum absolute atomic E-state index is 11.9. The van der Waals surface area contributed by atoms with Crippen LogP contribution in [0.4, 0.5) is 10.6 Å². The first-order valence-corrected chi connectivity index (χ1v) is 8.30. The van der Waals surface area contributed by atoms with Crippen LogP contribution in [0.3, 0.4) is 0 Å². The molecule has 120 valence electrons. The van der Waals surface area contributed by atoms with Gasteiger partial charge < -0.3 is 15.1 Å². The third kappa shape index (κ3) is 2.84. The van der Waals surface area contributed by atoms with E-state index in [0.29, 0.717) is 11.0 Å². The van der Waals surface area contributed by atoms with Gasteiger partial charge in [0.1, 0.15) is 16.8 Å². The van der Waals surface area contributed by atoms with Gasteiger partial charge in [-0.1, -0.05) is 18.5 Å². The predicted molar refractivity (Wildman–Crippen MR) is 86.5 cm³/mol. The topological polar surface area (TPSA) is 61.4 Å². The van der Waals surface area contributed by atoms with Gasteiger partial charge in [-0.2, -0.15) is 0 Å². The molecule has 2 amide bonds. The number of rotatable bonds is 3. The second kappa shape index (κ2) is 6.28. The third-order valence-corrected chi connectivity index (χ3v) is 4.74. The summed E-state index contributed by atoms with van der Waals surface area (Å²) in [6, 6.07) is 0.300. The Morgan fingerprint density at radius 2 is 2.18 bits per heavy atom. The Balaban J connectivity index is 1.84. The lowest BCUT2D eigenvalue weighted by atomic mass is 10.0. The number of nitrogens with one attached hydrogen (secondary N) is 1. The lowest BCUT2D eigenvalue weighted by Crippen LogP contribution is -2.49. The molecule has 7 heteroatoms. The first kappa shape index (κ1) is 15.3. The van der Waals surface area contributed by atoms with E-state index in [1.54, 1.807) is 0 Å². The van der Waals surface area contributed by atoms with Gasteiger partial charge >= 0.3 is 6.03 Å². The van der Waals surface area contributed by atoms with Crippen molar-refractivity contribution in [1.82, 2.24) is 20.2 Å². The highest BCUT2D eigenvalue weighted by Crippen LogP contribution is 2.28. The van der Waals surface area contributed by atoms with Crippen LogP contribution in [0.1, 0.15) is 31.2 Å². The number of urea groups is 1. The number of anilines is 1. The quantitative estimate of drug-likeness (QED) is 0.864.